The summed E-state index contributed by atoms with van der Waals surface area (Å²) in [4.78, 5) is 26.5. The zero-order chi connectivity index (χ0) is 12.7. The maximum Gasteiger partial charge on any atom is 0.408 e. The van der Waals surface area contributed by atoms with Crippen molar-refractivity contribution in [2.75, 3.05) is 20.2 Å². The van der Waals surface area contributed by atoms with Crippen molar-refractivity contribution in [3.8, 4) is 0 Å². The third-order valence-electron chi connectivity index (χ3n) is 3.61. The van der Waals surface area contributed by atoms with Gasteiger partial charge in [0.25, 0.3) is 0 Å². The van der Waals surface area contributed by atoms with Crippen LogP contribution in [0, 0.1) is 5.41 Å². The predicted molar refractivity (Wildman–Crippen MR) is 55.2 cm³/mol. The molecule has 2 saturated heterocycles. The van der Waals surface area contributed by atoms with Crippen molar-refractivity contribution in [2.45, 2.75) is 18.4 Å². The number of rotatable bonds is 3. The summed E-state index contributed by atoms with van der Waals surface area (Å²) in [7, 11) is 1.24. The largest absolute Gasteiger partial charge is 0.467 e. The Morgan fingerprint density at radius 2 is 2.24 bits per heavy atom. The summed E-state index contributed by atoms with van der Waals surface area (Å²) >= 11 is 0. The molecule has 0 aromatic rings. The van der Waals surface area contributed by atoms with Gasteiger partial charge in [-0.15, -0.1) is 0 Å². The number of amides is 1. The van der Waals surface area contributed by atoms with E-state index in [0.717, 1.165) is 4.90 Å². The minimum absolute atomic E-state index is 0.214. The van der Waals surface area contributed by atoms with E-state index in [-0.39, 0.29) is 13.1 Å². The molecule has 0 unspecified atom stereocenters. The number of ether oxygens (including phenoxy) is 1. The van der Waals surface area contributed by atoms with Crippen LogP contribution in [0.2, 0.25) is 0 Å². The summed E-state index contributed by atoms with van der Waals surface area (Å²) in [5.41, 5.74) is 6.84. The first kappa shape index (κ1) is 11.5. The van der Waals surface area contributed by atoms with Crippen molar-refractivity contribution in [1.29, 1.82) is 0 Å². The second-order valence-electron chi connectivity index (χ2n) is 4.63. The average Bonchev–Trinajstić information content (AvgIpc) is 2.76. The fraction of sp³-hybridized carbons (Fsp3) is 0.778. The van der Waals surface area contributed by atoms with Crippen LogP contribution in [0.15, 0.2) is 5.11 Å². The minimum Gasteiger partial charge on any atom is -0.467 e. The van der Waals surface area contributed by atoms with Gasteiger partial charge in [-0.2, -0.15) is 0 Å². The molecule has 1 N–H and O–H groups in total. The highest BCUT2D eigenvalue weighted by Gasteiger charge is 2.70. The Morgan fingerprint density at radius 1 is 1.59 bits per heavy atom. The van der Waals surface area contributed by atoms with Crippen molar-refractivity contribution in [3.05, 3.63) is 10.4 Å². The SMILES string of the molecule is COC(=O)C12CC(CN=[N+]=[N-])(CN1C(=O)O)C2. The van der Waals surface area contributed by atoms with E-state index >= 15 is 0 Å². The first-order chi connectivity index (χ1) is 7.99. The van der Waals surface area contributed by atoms with Gasteiger partial charge in [0, 0.05) is 18.0 Å². The number of hydrogen-bond acceptors (Lipinski definition) is 4. The molecule has 0 spiro atoms. The number of hydrogen-bond donors (Lipinski definition) is 1. The average molecular weight is 240 g/mol. The van der Waals surface area contributed by atoms with Gasteiger partial charge < -0.3 is 9.84 Å². The molecule has 1 amide bonds. The molecule has 0 aromatic heterocycles. The van der Waals surface area contributed by atoms with Crippen LogP contribution in [0.3, 0.4) is 0 Å². The van der Waals surface area contributed by atoms with Gasteiger partial charge in [0.1, 0.15) is 5.54 Å². The summed E-state index contributed by atoms with van der Waals surface area (Å²) in [5, 5.41) is 12.6. The minimum atomic E-state index is -1.14. The fourth-order valence-electron chi connectivity index (χ4n) is 3.02. The van der Waals surface area contributed by atoms with Crippen LogP contribution in [-0.4, -0.2) is 47.8 Å². The fourth-order valence-corrected chi connectivity index (χ4v) is 3.02. The van der Waals surface area contributed by atoms with Crippen LogP contribution in [-0.2, 0) is 9.53 Å². The number of nitrogens with zero attached hydrogens (tertiary/aromatic N) is 4. The van der Waals surface area contributed by atoms with Crippen LogP contribution in [0.1, 0.15) is 12.8 Å². The molecule has 1 saturated carbocycles. The van der Waals surface area contributed by atoms with Gasteiger partial charge in [0.05, 0.1) is 7.11 Å². The molecule has 3 rings (SSSR count). The number of carbonyl (C=O) groups excluding carboxylic acids is 1. The Morgan fingerprint density at radius 3 is 2.71 bits per heavy atom. The molecule has 0 atom stereocenters. The lowest BCUT2D eigenvalue weighted by Gasteiger charge is -2.44. The summed E-state index contributed by atoms with van der Waals surface area (Å²) in [6, 6.07) is 0. The van der Waals surface area contributed by atoms with Gasteiger partial charge in [0.15, 0.2) is 0 Å². The van der Waals surface area contributed by atoms with E-state index in [9.17, 15) is 9.59 Å². The third kappa shape index (κ3) is 1.41. The van der Waals surface area contributed by atoms with Gasteiger partial charge in [-0.1, -0.05) is 5.11 Å². The maximum atomic E-state index is 11.7. The van der Waals surface area contributed by atoms with Gasteiger partial charge in [-0.3, -0.25) is 4.90 Å². The van der Waals surface area contributed by atoms with E-state index in [1.54, 1.807) is 0 Å². The molecule has 2 aliphatic heterocycles. The van der Waals surface area contributed by atoms with Crippen LogP contribution in [0.5, 0.6) is 0 Å². The Hall–Kier alpha value is -1.95. The van der Waals surface area contributed by atoms with E-state index in [4.69, 9.17) is 10.6 Å². The van der Waals surface area contributed by atoms with Crippen molar-refractivity contribution in [2.24, 2.45) is 10.5 Å². The zero-order valence-corrected chi connectivity index (χ0v) is 9.29. The van der Waals surface area contributed by atoms with Gasteiger partial charge >= 0.3 is 12.1 Å². The summed E-state index contributed by atoms with van der Waals surface area (Å²) in [6.45, 7) is 0.433. The molecule has 8 heteroatoms. The zero-order valence-electron chi connectivity index (χ0n) is 9.29. The molecular weight excluding hydrogens is 228 g/mol. The lowest BCUT2D eigenvalue weighted by Crippen LogP contribution is -2.57. The molecule has 8 nitrogen and oxygen atoms in total. The summed E-state index contributed by atoms with van der Waals surface area (Å²) in [6.07, 6.45) is -0.397. The summed E-state index contributed by atoms with van der Waals surface area (Å²) in [5.74, 6) is -0.533. The van der Waals surface area contributed by atoms with E-state index in [1.807, 2.05) is 0 Å². The Kier molecular flexibility index (Phi) is 2.39. The smallest absolute Gasteiger partial charge is 0.408 e. The number of methoxy groups -OCH3 is 1. The molecule has 2 bridgehead atoms. The second kappa shape index (κ2) is 3.53. The molecule has 3 aliphatic rings. The highest BCUT2D eigenvalue weighted by molar-refractivity contribution is 5.88. The van der Waals surface area contributed by atoms with E-state index in [0.29, 0.717) is 12.8 Å². The number of carboxylic acid groups (broad SMARTS) is 1. The topological polar surface area (TPSA) is 116 Å². The van der Waals surface area contributed by atoms with E-state index in [1.165, 1.54) is 7.11 Å². The van der Waals surface area contributed by atoms with E-state index in [2.05, 4.69) is 14.8 Å². The molecule has 2 heterocycles. The Labute approximate surface area is 96.8 Å². The number of fused-ring (bicyclic) bond motifs is 1. The molecule has 1 aliphatic carbocycles. The van der Waals surface area contributed by atoms with E-state index < -0.39 is 23.0 Å². The van der Waals surface area contributed by atoms with Crippen LogP contribution in [0.4, 0.5) is 4.79 Å². The maximum absolute atomic E-state index is 11.7. The lowest BCUT2D eigenvalue weighted by atomic mass is 9.62. The predicted octanol–water partition coefficient (Wildman–Crippen LogP) is 0.982. The first-order valence-electron chi connectivity index (χ1n) is 5.10. The quantitative estimate of drug-likeness (QED) is 0.342. The molecule has 17 heavy (non-hydrogen) atoms. The molecular formula is C9H12N4O4. The number of azide groups is 1. The van der Waals surface area contributed by atoms with Gasteiger partial charge in [0.2, 0.25) is 0 Å². The van der Waals surface area contributed by atoms with Crippen LogP contribution < -0.4 is 0 Å². The number of esters is 1. The second-order valence-corrected chi connectivity index (χ2v) is 4.63. The molecule has 92 valence electrons. The van der Waals surface area contributed by atoms with Crippen molar-refractivity contribution < 1.29 is 19.4 Å². The normalized spacial score (nSPS) is 33.6. The lowest BCUT2D eigenvalue weighted by molar-refractivity contribution is -0.157. The highest BCUT2D eigenvalue weighted by Crippen LogP contribution is 2.60. The molecule has 0 radical (unpaired) electrons. The number of carbonyl (C=O) groups is 2. The Bertz CT molecular complexity index is 423. The van der Waals surface area contributed by atoms with Crippen LogP contribution in [0.25, 0.3) is 10.4 Å². The Balaban J connectivity index is 2.23. The first-order valence-corrected chi connectivity index (χ1v) is 5.10. The summed E-state index contributed by atoms with van der Waals surface area (Å²) < 4.78 is 4.66. The highest BCUT2D eigenvalue weighted by atomic mass is 16.5. The van der Waals surface area contributed by atoms with Crippen LogP contribution >= 0.6 is 0 Å². The van der Waals surface area contributed by atoms with Gasteiger partial charge in [-0.05, 0) is 23.8 Å². The molecule has 3 fully saturated rings. The van der Waals surface area contributed by atoms with Crippen molar-refractivity contribution in [3.63, 3.8) is 0 Å². The van der Waals surface area contributed by atoms with Crippen molar-refractivity contribution in [1.82, 2.24) is 4.90 Å². The van der Waals surface area contributed by atoms with Gasteiger partial charge in [-0.25, -0.2) is 9.59 Å². The monoisotopic (exact) mass is 240 g/mol. The third-order valence-corrected chi connectivity index (χ3v) is 3.61. The van der Waals surface area contributed by atoms with Crippen molar-refractivity contribution >= 4 is 12.1 Å². The standard InChI is InChI=1S/C9H12N4O4/c1-17-6(14)9-2-8(3-9,4-11-12-10)5-13(9)7(15)16/h2-5H2,1H3,(H,15,16). The molecule has 0 aromatic carbocycles.